The van der Waals surface area contributed by atoms with Crippen LogP contribution in [0.3, 0.4) is 0 Å². The normalized spacial score (nSPS) is 26.5. The largest absolute Gasteiger partial charge is 0.465 e. The van der Waals surface area contributed by atoms with Crippen LogP contribution in [0.25, 0.3) is 0 Å². The van der Waals surface area contributed by atoms with Crippen molar-refractivity contribution in [1.82, 2.24) is 0 Å². The minimum absolute atomic E-state index is 0.326. The van der Waals surface area contributed by atoms with E-state index >= 15 is 0 Å². The lowest BCUT2D eigenvalue weighted by Gasteiger charge is -2.27. The van der Waals surface area contributed by atoms with Gasteiger partial charge in [-0.15, -0.1) is 0 Å². The SMILES string of the molecule is CCOC(=O)C(N)CCOC1CCCC(C)C1. The highest BCUT2D eigenvalue weighted by Crippen LogP contribution is 2.25. The van der Waals surface area contributed by atoms with Gasteiger partial charge in [0.2, 0.25) is 0 Å². The van der Waals surface area contributed by atoms with Gasteiger partial charge in [-0.2, -0.15) is 0 Å². The zero-order valence-corrected chi connectivity index (χ0v) is 11.0. The lowest BCUT2D eigenvalue weighted by Crippen LogP contribution is -2.34. The highest BCUT2D eigenvalue weighted by atomic mass is 16.5. The van der Waals surface area contributed by atoms with Gasteiger partial charge in [-0.3, -0.25) is 4.79 Å². The molecule has 0 aromatic heterocycles. The molecule has 1 rings (SSSR count). The Morgan fingerprint density at radius 3 is 2.88 bits per heavy atom. The van der Waals surface area contributed by atoms with Gasteiger partial charge < -0.3 is 15.2 Å². The molecule has 0 saturated heterocycles. The van der Waals surface area contributed by atoms with Crippen LogP contribution in [0.4, 0.5) is 0 Å². The van der Waals surface area contributed by atoms with Crippen molar-refractivity contribution < 1.29 is 14.3 Å². The summed E-state index contributed by atoms with van der Waals surface area (Å²) in [4.78, 5) is 11.3. The Balaban J connectivity index is 2.12. The van der Waals surface area contributed by atoms with E-state index in [0.717, 1.165) is 18.8 Å². The Kier molecular flexibility index (Phi) is 6.52. The van der Waals surface area contributed by atoms with E-state index in [1.54, 1.807) is 6.92 Å². The van der Waals surface area contributed by atoms with Crippen LogP contribution >= 0.6 is 0 Å². The van der Waals surface area contributed by atoms with Gasteiger partial charge >= 0.3 is 5.97 Å². The van der Waals surface area contributed by atoms with Crippen molar-refractivity contribution in [3.05, 3.63) is 0 Å². The van der Waals surface area contributed by atoms with Gasteiger partial charge in [0.25, 0.3) is 0 Å². The van der Waals surface area contributed by atoms with Crippen LogP contribution in [0.5, 0.6) is 0 Å². The Bertz CT molecular complexity index is 233. The molecule has 100 valence electrons. The second-order valence-electron chi connectivity index (χ2n) is 4.91. The first kappa shape index (κ1) is 14.5. The quantitative estimate of drug-likeness (QED) is 0.723. The lowest BCUT2D eigenvalue weighted by molar-refractivity contribution is -0.145. The third-order valence-corrected chi connectivity index (χ3v) is 3.26. The maximum Gasteiger partial charge on any atom is 0.322 e. The molecule has 3 unspecified atom stereocenters. The summed E-state index contributed by atoms with van der Waals surface area (Å²) in [6, 6.07) is -0.545. The summed E-state index contributed by atoms with van der Waals surface area (Å²) in [5.41, 5.74) is 5.69. The topological polar surface area (TPSA) is 61.5 Å². The predicted molar refractivity (Wildman–Crippen MR) is 66.6 cm³/mol. The molecule has 1 aliphatic rings. The molecule has 4 heteroatoms. The molecule has 4 nitrogen and oxygen atoms in total. The van der Waals surface area contributed by atoms with E-state index in [4.69, 9.17) is 15.2 Å². The van der Waals surface area contributed by atoms with Crippen molar-refractivity contribution in [3.63, 3.8) is 0 Å². The highest BCUT2D eigenvalue weighted by Gasteiger charge is 2.20. The van der Waals surface area contributed by atoms with E-state index in [9.17, 15) is 4.79 Å². The van der Waals surface area contributed by atoms with Crippen molar-refractivity contribution in [2.45, 2.75) is 58.1 Å². The number of nitrogens with two attached hydrogens (primary N) is 1. The fourth-order valence-electron chi connectivity index (χ4n) is 2.26. The molecule has 0 aromatic rings. The Morgan fingerprint density at radius 1 is 1.47 bits per heavy atom. The highest BCUT2D eigenvalue weighted by molar-refractivity contribution is 5.75. The molecule has 0 heterocycles. The van der Waals surface area contributed by atoms with Gasteiger partial charge in [-0.25, -0.2) is 0 Å². The van der Waals surface area contributed by atoms with E-state index in [2.05, 4.69) is 6.92 Å². The van der Waals surface area contributed by atoms with E-state index in [1.807, 2.05) is 0 Å². The molecular formula is C13H25NO3. The minimum Gasteiger partial charge on any atom is -0.465 e. The molecule has 1 fully saturated rings. The van der Waals surface area contributed by atoms with Gasteiger partial charge in [-0.1, -0.05) is 19.8 Å². The maximum absolute atomic E-state index is 11.3. The van der Waals surface area contributed by atoms with Gasteiger partial charge in [0.1, 0.15) is 6.04 Å². The third kappa shape index (κ3) is 5.50. The molecule has 0 bridgehead atoms. The second kappa shape index (κ2) is 7.67. The summed E-state index contributed by atoms with van der Waals surface area (Å²) in [6.45, 7) is 4.98. The number of hydrogen-bond donors (Lipinski definition) is 1. The molecule has 1 aliphatic carbocycles. The van der Waals surface area contributed by atoms with Crippen molar-refractivity contribution in [3.8, 4) is 0 Å². The standard InChI is InChI=1S/C13H25NO3/c1-3-16-13(15)12(14)7-8-17-11-6-4-5-10(2)9-11/h10-12H,3-9,14H2,1-2H3. The fourth-order valence-corrected chi connectivity index (χ4v) is 2.26. The van der Waals surface area contributed by atoms with Crippen molar-refractivity contribution in [1.29, 1.82) is 0 Å². The molecule has 1 saturated carbocycles. The third-order valence-electron chi connectivity index (χ3n) is 3.26. The van der Waals surface area contributed by atoms with Gasteiger partial charge in [0.15, 0.2) is 0 Å². The first-order chi connectivity index (χ1) is 8.13. The van der Waals surface area contributed by atoms with Crippen LogP contribution in [0, 0.1) is 5.92 Å². The van der Waals surface area contributed by atoms with Gasteiger partial charge in [0.05, 0.1) is 12.7 Å². The summed E-state index contributed by atoms with van der Waals surface area (Å²) in [5.74, 6) is 0.431. The fraction of sp³-hybridized carbons (Fsp3) is 0.923. The molecule has 0 radical (unpaired) electrons. The summed E-state index contributed by atoms with van der Waals surface area (Å²) in [5, 5.41) is 0. The maximum atomic E-state index is 11.3. The van der Waals surface area contributed by atoms with Crippen LogP contribution in [-0.4, -0.2) is 31.3 Å². The first-order valence-electron chi connectivity index (χ1n) is 6.67. The smallest absolute Gasteiger partial charge is 0.322 e. The molecular weight excluding hydrogens is 218 g/mol. The summed E-state index contributed by atoms with van der Waals surface area (Å²) in [6.07, 6.45) is 5.73. The molecule has 17 heavy (non-hydrogen) atoms. The molecule has 0 amide bonds. The van der Waals surface area contributed by atoms with Crippen LogP contribution in [-0.2, 0) is 14.3 Å². The van der Waals surface area contributed by atoms with Gasteiger partial charge in [-0.05, 0) is 32.1 Å². The number of hydrogen-bond acceptors (Lipinski definition) is 4. The summed E-state index contributed by atoms with van der Waals surface area (Å²) >= 11 is 0. The van der Waals surface area contributed by atoms with Gasteiger partial charge in [0, 0.05) is 6.61 Å². The van der Waals surface area contributed by atoms with Crippen LogP contribution < -0.4 is 5.73 Å². The van der Waals surface area contributed by atoms with Crippen LogP contribution in [0.2, 0.25) is 0 Å². The first-order valence-corrected chi connectivity index (χ1v) is 6.67. The summed E-state index contributed by atoms with van der Waals surface area (Å²) < 4.78 is 10.6. The molecule has 0 aliphatic heterocycles. The molecule has 3 atom stereocenters. The molecule has 2 N–H and O–H groups in total. The Hall–Kier alpha value is -0.610. The van der Waals surface area contributed by atoms with E-state index in [-0.39, 0.29) is 5.97 Å². The number of carbonyl (C=O) groups is 1. The van der Waals surface area contributed by atoms with Crippen molar-refractivity contribution in [2.75, 3.05) is 13.2 Å². The Morgan fingerprint density at radius 2 is 2.24 bits per heavy atom. The number of carbonyl (C=O) groups excluding carboxylic acids is 1. The number of esters is 1. The average Bonchev–Trinajstić information content (AvgIpc) is 2.29. The Labute approximate surface area is 104 Å². The monoisotopic (exact) mass is 243 g/mol. The van der Waals surface area contributed by atoms with Crippen LogP contribution in [0.15, 0.2) is 0 Å². The molecule has 0 aromatic carbocycles. The second-order valence-corrected chi connectivity index (χ2v) is 4.91. The average molecular weight is 243 g/mol. The van der Waals surface area contributed by atoms with E-state index in [1.165, 1.54) is 12.8 Å². The van der Waals surface area contributed by atoms with E-state index in [0.29, 0.717) is 25.7 Å². The zero-order chi connectivity index (χ0) is 12.7. The minimum atomic E-state index is -0.545. The molecule has 0 spiro atoms. The number of rotatable bonds is 6. The number of ether oxygens (including phenoxy) is 2. The van der Waals surface area contributed by atoms with Crippen molar-refractivity contribution >= 4 is 5.97 Å². The lowest BCUT2D eigenvalue weighted by atomic mass is 9.89. The van der Waals surface area contributed by atoms with Crippen LogP contribution in [0.1, 0.15) is 46.0 Å². The summed E-state index contributed by atoms with van der Waals surface area (Å²) in [7, 11) is 0. The van der Waals surface area contributed by atoms with Crippen molar-refractivity contribution in [2.24, 2.45) is 11.7 Å². The predicted octanol–water partition coefficient (Wildman–Crippen LogP) is 1.86. The van der Waals surface area contributed by atoms with E-state index < -0.39 is 6.04 Å². The zero-order valence-electron chi connectivity index (χ0n) is 11.0.